The highest BCUT2D eigenvalue weighted by Crippen LogP contribution is 2.27. The van der Waals surface area contributed by atoms with E-state index in [-0.39, 0.29) is 5.82 Å². The minimum Gasteiger partial charge on any atom is -0.461 e. The fourth-order valence-corrected chi connectivity index (χ4v) is 1.41. The SMILES string of the molecule is Fc1ccnc(-c2occc2Br)c1. The van der Waals surface area contributed by atoms with Crippen LogP contribution in [0.2, 0.25) is 0 Å². The van der Waals surface area contributed by atoms with Crippen LogP contribution >= 0.6 is 15.9 Å². The molecule has 66 valence electrons. The van der Waals surface area contributed by atoms with Gasteiger partial charge in [0.2, 0.25) is 0 Å². The van der Waals surface area contributed by atoms with Crippen LogP contribution in [0.3, 0.4) is 0 Å². The molecular formula is C9H5BrFNO. The summed E-state index contributed by atoms with van der Waals surface area (Å²) in [6, 6.07) is 4.35. The third-order valence-electron chi connectivity index (χ3n) is 1.57. The smallest absolute Gasteiger partial charge is 0.166 e. The fraction of sp³-hybridized carbons (Fsp3) is 0. The number of rotatable bonds is 1. The Hall–Kier alpha value is -1.16. The Morgan fingerprint density at radius 2 is 2.23 bits per heavy atom. The molecule has 0 unspecified atom stereocenters. The zero-order chi connectivity index (χ0) is 9.26. The number of pyridine rings is 1. The van der Waals surface area contributed by atoms with Crippen molar-refractivity contribution in [3.8, 4) is 11.5 Å². The van der Waals surface area contributed by atoms with Crippen molar-refractivity contribution in [2.75, 3.05) is 0 Å². The van der Waals surface area contributed by atoms with Gasteiger partial charge in [0.25, 0.3) is 0 Å². The summed E-state index contributed by atoms with van der Waals surface area (Å²) in [4.78, 5) is 3.98. The third-order valence-corrected chi connectivity index (χ3v) is 2.20. The van der Waals surface area contributed by atoms with Crippen LogP contribution < -0.4 is 0 Å². The molecule has 0 aliphatic carbocycles. The van der Waals surface area contributed by atoms with Crippen LogP contribution in [0.25, 0.3) is 11.5 Å². The van der Waals surface area contributed by atoms with Crippen molar-refractivity contribution in [3.05, 3.63) is 40.9 Å². The van der Waals surface area contributed by atoms with E-state index in [2.05, 4.69) is 20.9 Å². The molecule has 0 aromatic carbocycles. The van der Waals surface area contributed by atoms with E-state index in [0.717, 1.165) is 4.47 Å². The topological polar surface area (TPSA) is 26.0 Å². The Morgan fingerprint density at radius 1 is 1.38 bits per heavy atom. The van der Waals surface area contributed by atoms with Gasteiger partial charge >= 0.3 is 0 Å². The van der Waals surface area contributed by atoms with E-state index in [9.17, 15) is 4.39 Å². The van der Waals surface area contributed by atoms with Gasteiger partial charge in [-0.05, 0) is 28.1 Å². The lowest BCUT2D eigenvalue weighted by atomic mass is 10.3. The molecule has 4 heteroatoms. The molecule has 2 nitrogen and oxygen atoms in total. The molecule has 2 rings (SSSR count). The van der Waals surface area contributed by atoms with Crippen molar-refractivity contribution in [1.29, 1.82) is 0 Å². The molecule has 0 N–H and O–H groups in total. The van der Waals surface area contributed by atoms with Gasteiger partial charge in [-0.25, -0.2) is 4.39 Å². The van der Waals surface area contributed by atoms with Gasteiger partial charge in [0.15, 0.2) is 5.76 Å². The predicted molar refractivity (Wildman–Crippen MR) is 49.6 cm³/mol. The summed E-state index contributed by atoms with van der Waals surface area (Å²) in [6.45, 7) is 0. The number of aromatic nitrogens is 1. The van der Waals surface area contributed by atoms with Gasteiger partial charge in [-0.2, -0.15) is 0 Å². The van der Waals surface area contributed by atoms with Crippen LogP contribution in [0, 0.1) is 5.82 Å². The van der Waals surface area contributed by atoms with E-state index in [1.54, 1.807) is 6.07 Å². The summed E-state index contributed by atoms with van der Waals surface area (Å²) in [5, 5.41) is 0. The Kier molecular flexibility index (Phi) is 2.14. The van der Waals surface area contributed by atoms with Crippen LogP contribution in [0.4, 0.5) is 4.39 Å². The average Bonchev–Trinajstić information content (AvgIpc) is 2.51. The van der Waals surface area contributed by atoms with Crippen molar-refractivity contribution < 1.29 is 8.81 Å². The molecule has 13 heavy (non-hydrogen) atoms. The molecule has 0 bridgehead atoms. The predicted octanol–water partition coefficient (Wildman–Crippen LogP) is 3.24. The first-order chi connectivity index (χ1) is 6.27. The van der Waals surface area contributed by atoms with Crippen LogP contribution in [0.1, 0.15) is 0 Å². The Bertz CT molecular complexity index is 427. The lowest BCUT2D eigenvalue weighted by Gasteiger charge is -1.95. The zero-order valence-electron chi connectivity index (χ0n) is 6.50. The molecule has 0 spiro atoms. The maximum atomic E-state index is 12.8. The summed E-state index contributed by atoms with van der Waals surface area (Å²) in [5.74, 6) is 0.216. The van der Waals surface area contributed by atoms with Gasteiger partial charge in [0, 0.05) is 12.3 Å². The number of nitrogens with zero attached hydrogens (tertiary/aromatic N) is 1. The maximum Gasteiger partial charge on any atom is 0.166 e. The Labute approximate surface area is 82.5 Å². The van der Waals surface area contributed by atoms with E-state index < -0.39 is 0 Å². The second kappa shape index (κ2) is 3.30. The maximum absolute atomic E-state index is 12.8. The van der Waals surface area contributed by atoms with E-state index in [4.69, 9.17) is 4.42 Å². The second-order valence-electron chi connectivity index (χ2n) is 2.46. The number of hydrogen-bond donors (Lipinski definition) is 0. The van der Waals surface area contributed by atoms with E-state index >= 15 is 0 Å². The van der Waals surface area contributed by atoms with Crippen molar-refractivity contribution in [3.63, 3.8) is 0 Å². The van der Waals surface area contributed by atoms with Gasteiger partial charge in [0.1, 0.15) is 11.5 Å². The molecule has 2 aromatic heterocycles. The van der Waals surface area contributed by atoms with Crippen LogP contribution in [-0.4, -0.2) is 4.98 Å². The quantitative estimate of drug-likeness (QED) is 0.767. The number of furan rings is 1. The van der Waals surface area contributed by atoms with Crippen molar-refractivity contribution >= 4 is 15.9 Å². The van der Waals surface area contributed by atoms with Gasteiger partial charge in [-0.1, -0.05) is 0 Å². The first-order valence-electron chi connectivity index (χ1n) is 3.62. The summed E-state index contributed by atoms with van der Waals surface area (Å²) in [5.41, 5.74) is 0.483. The molecule has 0 radical (unpaired) electrons. The fourth-order valence-electron chi connectivity index (χ4n) is 1.01. The van der Waals surface area contributed by atoms with Crippen LogP contribution in [0.5, 0.6) is 0 Å². The molecule has 0 saturated heterocycles. The zero-order valence-corrected chi connectivity index (χ0v) is 8.08. The van der Waals surface area contributed by atoms with Crippen molar-refractivity contribution in [1.82, 2.24) is 4.98 Å². The summed E-state index contributed by atoms with van der Waals surface area (Å²) in [7, 11) is 0. The normalized spacial score (nSPS) is 10.3. The molecule has 0 saturated carbocycles. The monoisotopic (exact) mass is 241 g/mol. The molecule has 2 heterocycles. The van der Waals surface area contributed by atoms with Gasteiger partial charge < -0.3 is 4.42 Å². The van der Waals surface area contributed by atoms with Gasteiger partial charge in [-0.15, -0.1) is 0 Å². The Balaban J connectivity index is 2.53. The Morgan fingerprint density at radius 3 is 2.85 bits per heavy atom. The molecule has 0 atom stereocenters. The van der Waals surface area contributed by atoms with E-state index in [1.807, 2.05) is 0 Å². The van der Waals surface area contributed by atoms with E-state index in [0.29, 0.717) is 11.5 Å². The highest BCUT2D eigenvalue weighted by Gasteiger charge is 2.08. The number of hydrogen-bond acceptors (Lipinski definition) is 2. The largest absolute Gasteiger partial charge is 0.461 e. The molecule has 0 fully saturated rings. The third kappa shape index (κ3) is 1.62. The first-order valence-corrected chi connectivity index (χ1v) is 4.41. The van der Waals surface area contributed by atoms with Crippen LogP contribution in [-0.2, 0) is 0 Å². The standard InChI is InChI=1S/C9H5BrFNO/c10-7-2-4-13-9(7)8-5-6(11)1-3-12-8/h1-5H. The molecule has 0 aliphatic rings. The van der Waals surface area contributed by atoms with Crippen LogP contribution in [0.15, 0.2) is 39.5 Å². The van der Waals surface area contributed by atoms with E-state index in [1.165, 1.54) is 24.6 Å². The van der Waals surface area contributed by atoms with Crippen molar-refractivity contribution in [2.45, 2.75) is 0 Å². The van der Waals surface area contributed by atoms with Gasteiger partial charge in [-0.3, -0.25) is 4.98 Å². The summed E-state index contributed by atoms with van der Waals surface area (Å²) < 4.78 is 18.7. The van der Waals surface area contributed by atoms with Crippen molar-refractivity contribution in [2.24, 2.45) is 0 Å². The first kappa shape index (κ1) is 8.44. The number of halogens is 2. The highest BCUT2D eigenvalue weighted by atomic mass is 79.9. The molecule has 2 aromatic rings. The summed E-state index contributed by atoms with van der Waals surface area (Å²) in [6.07, 6.45) is 2.92. The molecular weight excluding hydrogens is 237 g/mol. The van der Waals surface area contributed by atoms with Gasteiger partial charge in [0.05, 0.1) is 10.7 Å². The molecule has 0 amide bonds. The lowest BCUT2D eigenvalue weighted by molar-refractivity contribution is 0.576. The molecule has 0 aliphatic heterocycles. The summed E-state index contributed by atoms with van der Waals surface area (Å²) >= 11 is 3.27. The second-order valence-corrected chi connectivity index (χ2v) is 3.31. The minimum atomic E-state index is -0.326. The highest BCUT2D eigenvalue weighted by molar-refractivity contribution is 9.10. The minimum absolute atomic E-state index is 0.326. The average molecular weight is 242 g/mol. The lowest BCUT2D eigenvalue weighted by Crippen LogP contribution is -1.82.